The number of amidine groups is 1. The highest BCUT2D eigenvalue weighted by atomic mass is 32.1. The monoisotopic (exact) mass is 506 g/mol. The number of hydrogen-bond acceptors (Lipinski definition) is 4. The molecule has 1 saturated heterocycles. The summed E-state index contributed by atoms with van der Waals surface area (Å²) >= 11 is 1.04. The number of aliphatic imine (C=N–C) groups is 1. The highest BCUT2D eigenvalue weighted by Crippen LogP contribution is 2.44. The maximum Gasteiger partial charge on any atom is 0.390 e. The van der Waals surface area contributed by atoms with Crippen LogP contribution in [0.5, 0.6) is 0 Å². The number of nitrogens with zero attached hydrogens (tertiary/aromatic N) is 4. The molecular formula is C20H23F5N6O2S. The molecule has 2 aliphatic rings. The molecule has 2 aromatic rings. The Bertz CT molecular complexity index is 1280. The summed E-state index contributed by atoms with van der Waals surface area (Å²) in [6, 6.07) is -1.06. The molecule has 2 aromatic heterocycles. The molecule has 186 valence electrons. The maximum atomic E-state index is 13.5. The molecule has 14 heteroatoms. The van der Waals surface area contributed by atoms with Crippen molar-refractivity contribution in [2.75, 3.05) is 13.1 Å². The zero-order valence-corrected chi connectivity index (χ0v) is 19.2. The van der Waals surface area contributed by atoms with E-state index in [2.05, 4.69) is 10.3 Å². The van der Waals surface area contributed by atoms with Gasteiger partial charge in [-0.25, -0.2) is 18.6 Å². The van der Waals surface area contributed by atoms with Crippen molar-refractivity contribution in [1.29, 1.82) is 5.41 Å². The van der Waals surface area contributed by atoms with Crippen LogP contribution < -0.4 is 16.6 Å². The number of aromatic nitrogens is 2. The predicted molar refractivity (Wildman–Crippen MR) is 118 cm³/mol. The van der Waals surface area contributed by atoms with Crippen LogP contribution in [-0.2, 0) is 13.1 Å². The average molecular weight is 507 g/mol. The summed E-state index contributed by atoms with van der Waals surface area (Å²) in [4.78, 5) is 33.0. The van der Waals surface area contributed by atoms with Crippen LogP contribution in [0.2, 0.25) is 0 Å². The molecule has 0 radical (unpaired) electrons. The van der Waals surface area contributed by atoms with Gasteiger partial charge in [0, 0.05) is 37.4 Å². The van der Waals surface area contributed by atoms with Gasteiger partial charge in [0.15, 0.2) is 0 Å². The fourth-order valence-corrected chi connectivity index (χ4v) is 5.58. The van der Waals surface area contributed by atoms with Crippen LogP contribution >= 0.6 is 11.3 Å². The van der Waals surface area contributed by atoms with Gasteiger partial charge in [0.1, 0.15) is 10.7 Å². The van der Waals surface area contributed by atoms with Crippen molar-refractivity contribution in [1.82, 2.24) is 19.4 Å². The first-order valence-corrected chi connectivity index (χ1v) is 11.4. The Morgan fingerprint density at radius 1 is 1.29 bits per heavy atom. The Morgan fingerprint density at radius 3 is 2.56 bits per heavy atom. The molecule has 0 unspecified atom stereocenters. The zero-order chi connectivity index (χ0) is 25.0. The molecule has 34 heavy (non-hydrogen) atoms. The predicted octanol–water partition coefficient (Wildman–Crippen LogP) is 3.21. The van der Waals surface area contributed by atoms with Gasteiger partial charge in [-0.15, -0.1) is 11.3 Å². The molecule has 2 fully saturated rings. The van der Waals surface area contributed by atoms with Gasteiger partial charge in [0.2, 0.25) is 5.96 Å². The number of halogens is 5. The first-order valence-electron chi connectivity index (χ1n) is 10.6. The quantitative estimate of drug-likeness (QED) is 0.370. The van der Waals surface area contributed by atoms with Gasteiger partial charge in [0.25, 0.3) is 11.5 Å². The Balaban J connectivity index is 1.82. The van der Waals surface area contributed by atoms with Crippen molar-refractivity contribution in [3.63, 3.8) is 0 Å². The van der Waals surface area contributed by atoms with E-state index in [9.17, 15) is 31.5 Å². The molecule has 4 rings (SSSR count). The summed E-state index contributed by atoms with van der Waals surface area (Å²) in [5, 5.41) is 10.7. The maximum absolute atomic E-state index is 13.5. The van der Waals surface area contributed by atoms with Crippen molar-refractivity contribution in [2.24, 2.45) is 4.99 Å². The van der Waals surface area contributed by atoms with Crippen LogP contribution in [0, 0.1) is 12.3 Å². The topological polar surface area (TPSA) is 95.5 Å². The lowest BCUT2D eigenvalue weighted by atomic mass is 9.88. The second kappa shape index (κ2) is 8.47. The minimum atomic E-state index is -4.54. The van der Waals surface area contributed by atoms with Gasteiger partial charge in [0.05, 0.1) is 24.4 Å². The third-order valence-electron chi connectivity index (χ3n) is 5.97. The first kappa shape index (κ1) is 24.4. The average Bonchev–Trinajstić information content (AvgIpc) is 3.23. The normalized spacial score (nSPS) is 19.6. The minimum absolute atomic E-state index is 0.0749. The Hall–Kier alpha value is -2.77. The molecule has 0 aromatic carbocycles. The van der Waals surface area contributed by atoms with Crippen LogP contribution in [0.1, 0.15) is 42.7 Å². The third-order valence-corrected chi connectivity index (χ3v) is 7.27. The van der Waals surface area contributed by atoms with Crippen LogP contribution in [0.25, 0.3) is 10.2 Å². The number of nitrogens with one attached hydrogen (secondary N) is 2. The fourth-order valence-electron chi connectivity index (χ4n) is 4.25. The lowest BCUT2D eigenvalue weighted by Gasteiger charge is -2.35. The smallest absolute Gasteiger partial charge is 0.354 e. The molecule has 1 aliphatic heterocycles. The summed E-state index contributed by atoms with van der Waals surface area (Å²) in [5.74, 6) is -2.46. The van der Waals surface area contributed by atoms with E-state index in [1.54, 1.807) is 6.92 Å². The van der Waals surface area contributed by atoms with Crippen molar-refractivity contribution < 1.29 is 22.0 Å². The molecule has 0 atom stereocenters. The molecule has 1 saturated carbocycles. The van der Waals surface area contributed by atoms with E-state index >= 15 is 0 Å². The number of guanidine groups is 1. The van der Waals surface area contributed by atoms with Crippen molar-refractivity contribution in [2.45, 2.75) is 64.3 Å². The second-order valence-electron chi connectivity index (χ2n) is 8.59. The SMILES string of the molecule is CC(=N)/N=C1\NCCN1Cc1sc2c(c1C)c(=O)n(C1CC(F)(F)C1)c(=O)n2CCC(F)(F)F. The number of thiophene rings is 1. The molecule has 1 aliphatic carbocycles. The van der Waals surface area contributed by atoms with Gasteiger partial charge >= 0.3 is 11.9 Å². The van der Waals surface area contributed by atoms with Gasteiger partial charge in [-0.3, -0.25) is 19.3 Å². The molecule has 0 bridgehead atoms. The van der Waals surface area contributed by atoms with Gasteiger partial charge < -0.3 is 10.2 Å². The molecule has 8 nitrogen and oxygen atoms in total. The minimum Gasteiger partial charge on any atom is -0.354 e. The van der Waals surface area contributed by atoms with E-state index in [0.717, 1.165) is 15.9 Å². The van der Waals surface area contributed by atoms with E-state index in [1.165, 1.54) is 6.92 Å². The van der Waals surface area contributed by atoms with E-state index in [0.29, 0.717) is 34.1 Å². The summed E-state index contributed by atoms with van der Waals surface area (Å²) < 4.78 is 67.5. The Morgan fingerprint density at radius 2 is 1.97 bits per heavy atom. The van der Waals surface area contributed by atoms with E-state index < -0.39 is 55.2 Å². The van der Waals surface area contributed by atoms with Gasteiger partial charge in [-0.2, -0.15) is 13.2 Å². The lowest BCUT2D eigenvalue weighted by Crippen LogP contribution is -2.49. The van der Waals surface area contributed by atoms with Gasteiger partial charge in [-0.05, 0) is 19.4 Å². The summed E-state index contributed by atoms with van der Waals surface area (Å²) in [5.41, 5.74) is -1.27. The van der Waals surface area contributed by atoms with Crippen LogP contribution in [0.15, 0.2) is 14.6 Å². The largest absolute Gasteiger partial charge is 0.390 e. The molecule has 3 heterocycles. The lowest BCUT2D eigenvalue weighted by molar-refractivity contribution is -0.136. The molecule has 0 spiro atoms. The summed E-state index contributed by atoms with van der Waals surface area (Å²) in [7, 11) is 0. The fraction of sp³-hybridized carbons (Fsp3) is 0.600. The number of aryl methyl sites for hydroxylation is 2. The van der Waals surface area contributed by atoms with Crippen LogP contribution in [0.3, 0.4) is 0 Å². The second-order valence-corrected chi connectivity index (χ2v) is 9.68. The molecule has 0 amide bonds. The van der Waals surface area contributed by atoms with E-state index in [4.69, 9.17) is 5.41 Å². The van der Waals surface area contributed by atoms with Crippen molar-refractivity contribution in [3.8, 4) is 0 Å². The standard InChI is InChI=1S/C20H23F5N6O2S/c1-10-13(9-29-6-4-27-17(29)28-11(2)26)34-16-14(10)15(32)31(12-7-19(21,22)8-12)18(33)30(16)5-3-20(23,24)25/h12H,3-9H2,1-2H3,(H2,26,27,28). The number of hydrogen-bond donors (Lipinski definition) is 2. The molecule has 2 N–H and O–H groups in total. The van der Waals surface area contributed by atoms with Crippen LogP contribution in [-0.4, -0.2) is 51.0 Å². The van der Waals surface area contributed by atoms with Crippen molar-refractivity contribution in [3.05, 3.63) is 31.3 Å². The van der Waals surface area contributed by atoms with Crippen molar-refractivity contribution >= 4 is 33.3 Å². The third kappa shape index (κ3) is 4.59. The number of alkyl halides is 5. The Kier molecular flexibility index (Phi) is 6.07. The highest BCUT2D eigenvalue weighted by molar-refractivity contribution is 7.18. The van der Waals surface area contributed by atoms with E-state index in [1.807, 2.05) is 4.90 Å². The van der Waals surface area contributed by atoms with Gasteiger partial charge in [-0.1, -0.05) is 0 Å². The zero-order valence-electron chi connectivity index (χ0n) is 18.4. The Labute approximate surface area is 194 Å². The number of rotatable bonds is 5. The van der Waals surface area contributed by atoms with Crippen LogP contribution in [0.4, 0.5) is 22.0 Å². The summed E-state index contributed by atoms with van der Waals surface area (Å²) in [6.45, 7) is 3.83. The molecular weight excluding hydrogens is 483 g/mol. The summed E-state index contributed by atoms with van der Waals surface area (Å²) in [6.07, 6.45) is -7.24. The van der Waals surface area contributed by atoms with E-state index in [-0.39, 0.29) is 22.6 Å². The first-order chi connectivity index (χ1) is 15.8. The highest BCUT2D eigenvalue weighted by Gasteiger charge is 2.48. The number of fused-ring (bicyclic) bond motifs is 1.